The highest BCUT2D eigenvalue weighted by atomic mass is 31.2. The van der Waals surface area contributed by atoms with Gasteiger partial charge in [0.25, 0.3) is 5.91 Å². The Kier molecular flexibility index (Phi) is 14.2. The number of methoxy groups -OCH3 is 1. The number of aromatic nitrogens is 1. The first kappa shape index (κ1) is 44.6. The van der Waals surface area contributed by atoms with Gasteiger partial charge >= 0.3 is 27.3 Å². The minimum absolute atomic E-state index is 0.0527. The fourth-order valence-electron chi connectivity index (χ4n) is 7.43. The van der Waals surface area contributed by atoms with Crippen molar-refractivity contribution in [3.8, 4) is 5.75 Å². The number of anilines is 1. The number of ether oxygens (including phenoxy) is 3. The molecule has 1 aliphatic carbocycles. The van der Waals surface area contributed by atoms with E-state index in [1.165, 1.54) is 41.0 Å². The third-order valence-electron chi connectivity index (χ3n) is 9.75. The molecular weight excluding hydrogens is 789 g/mol. The van der Waals surface area contributed by atoms with Crippen molar-refractivity contribution < 1.29 is 60.2 Å². The van der Waals surface area contributed by atoms with Crippen LogP contribution in [0, 0.1) is 11.7 Å². The average molecular weight is 845 g/mol. The standard InChI is InChI=1S/C37H55FN4O13P2/c1-9-51-56(47,52-10-2)35(57(48,53-11-3)54-12-4)39-29(43)22-50-34(45)26-20-42(24-15-16-24)30-25(32(26)44)18-27(38)31(33(30)49-8)40-19-23-14-13-17-41(28(23)21-40)36(46)55-37(5,6)7/h18,20,23-24,28,35H,9-17,19,21-22H2,1-8H3,(H,39,43)/t23-,28+/m0/s1. The van der Waals surface area contributed by atoms with E-state index in [9.17, 15) is 28.3 Å². The maximum absolute atomic E-state index is 16.4. The average Bonchev–Trinajstić information content (AvgIpc) is 3.89. The Hall–Kier alpha value is -3.53. The Morgan fingerprint density at radius 3 is 2.07 bits per heavy atom. The molecule has 57 heavy (non-hydrogen) atoms. The zero-order valence-corrected chi connectivity index (χ0v) is 35.7. The number of pyridine rings is 1. The van der Waals surface area contributed by atoms with Crippen LogP contribution in [-0.2, 0) is 41.5 Å². The number of hydrogen-bond donors (Lipinski definition) is 1. The monoisotopic (exact) mass is 844 g/mol. The van der Waals surface area contributed by atoms with Gasteiger partial charge in [-0.05, 0) is 86.1 Å². The van der Waals surface area contributed by atoms with Crippen LogP contribution >= 0.6 is 15.2 Å². The van der Waals surface area contributed by atoms with Crippen LogP contribution in [0.3, 0.4) is 0 Å². The highest BCUT2D eigenvalue weighted by Gasteiger charge is 2.52. The lowest BCUT2D eigenvalue weighted by atomic mass is 9.92. The van der Waals surface area contributed by atoms with Crippen LogP contribution in [0.2, 0.25) is 0 Å². The molecule has 318 valence electrons. The van der Waals surface area contributed by atoms with E-state index < -0.39 is 67.7 Å². The second-order valence-corrected chi connectivity index (χ2v) is 19.6. The predicted molar refractivity (Wildman–Crippen MR) is 209 cm³/mol. The molecule has 2 saturated heterocycles. The lowest BCUT2D eigenvalue weighted by Gasteiger charge is -2.37. The van der Waals surface area contributed by atoms with Crippen molar-refractivity contribution >= 4 is 49.8 Å². The summed E-state index contributed by atoms with van der Waals surface area (Å²) in [4.78, 5) is 57.5. The van der Waals surface area contributed by atoms with Gasteiger partial charge in [0, 0.05) is 31.9 Å². The van der Waals surface area contributed by atoms with Gasteiger partial charge in [0.1, 0.15) is 16.9 Å². The largest absolute Gasteiger partial charge is 0.492 e. The van der Waals surface area contributed by atoms with Gasteiger partial charge in [-0.15, -0.1) is 0 Å². The van der Waals surface area contributed by atoms with Gasteiger partial charge in [-0.2, -0.15) is 0 Å². The van der Waals surface area contributed by atoms with Crippen molar-refractivity contribution in [1.29, 1.82) is 0 Å². The van der Waals surface area contributed by atoms with Crippen molar-refractivity contribution in [2.24, 2.45) is 5.92 Å². The molecule has 0 unspecified atom stereocenters. The highest BCUT2D eigenvalue weighted by Crippen LogP contribution is 2.69. The minimum atomic E-state index is -4.38. The molecule has 17 nitrogen and oxygen atoms in total. The predicted octanol–water partition coefficient (Wildman–Crippen LogP) is 6.41. The van der Waals surface area contributed by atoms with Crippen LogP contribution in [0.1, 0.15) is 90.5 Å². The van der Waals surface area contributed by atoms with E-state index in [1.54, 1.807) is 30.2 Å². The van der Waals surface area contributed by atoms with E-state index in [-0.39, 0.29) is 61.3 Å². The summed E-state index contributed by atoms with van der Waals surface area (Å²) in [6.45, 7) is 11.3. The molecule has 3 fully saturated rings. The molecule has 3 aliphatic rings. The Labute approximate surface area is 331 Å². The summed E-state index contributed by atoms with van der Waals surface area (Å²) < 4.78 is 84.0. The number of nitrogens with one attached hydrogen (secondary N) is 1. The molecule has 0 spiro atoms. The third-order valence-corrected chi connectivity index (χ3v) is 15.4. The molecule has 1 aromatic heterocycles. The zero-order valence-electron chi connectivity index (χ0n) is 33.9. The van der Waals surface area contributed by atoms with E-state index in [2.05, 4.69) is 5.32 Å². The second-order valence-electron chi connectivity index (χ2n) is 15.0. The number of carbonyl (C=O) groups is 3. The number of piperidine rings is 1. The molecule has 5 rings (SSSR count). The Morgan fingerprint density at radius 1 is 0.947 bits per heavy atom. The molecule has 2 aliphatic heterocycles. The number of halogens is 1. The highest BCUT2D eigenvalue weighted by molar-refractivity contribution is 7.72. The molecule has 1 saturated carbocycles. The number of hydrogen-bond acceptors (Lipinski definition) is 14. The van der Waals surface area contributed by atoms with Crippen LogP contribution in [-0.4, -0.2) is 104 Å². The van der Waals surface area contributed by atoms with Gasteiger partial charge in [0.05, 0.1) is 50.5 Å². The van der Waals surface area contributed by atoms with Gasteiger partial charge in [-0.3, -0.25) is 18.7 Å². The molecule has 2 amide bonds. The molecule has 2 aromatic rings. The molecular formula is C37H55FN4O13P2. The van der Waals surface area contributed by atoms with E-state index in [0.717, 1.165) is 18.9 Å². The maximum Gasteiger partial charge on any atom is 0.410 e. The molecule has 1 N–H and O–H groups in total. The van der Waals surface area contributed by atoms with Crippen molar-refractivity contribution in [2.75, 3.05) is 64.7 Å². The van der Waals surface area contributed by atoms with Gasteiger partial charge in [0.2, 0.25) is 11.0 Å². The lowest BCUT2D eigenvalue weighted by molar-refractivity contribution is -0.124. The van der Waals surface area contributed by atoms with Crippen molar-refractivity contribution in [2.45, 2.75) is 97.4 Å². The zero-order chi connectivity index (χ0) is 41.9. The number of rotatable bonds is 17. The van der Waals surface area contributed by atoms with Crippen LogP contribution in [0.4, 0.5) is 14.9 Å². The van der Waals surface area contributed by atoms with Gasteiger partial charge in [-0.25, -0.2) is 14.0 Å². The molecule has 0 radical (unpaired) electrons. The lowest BCUT2D eigenvalue weighted by Crippen LogP contribution is -2.50. The van der Waals surface area contributed by atoms with Gasteiger partial charge < -0.3 is 52.0 Å². The maximum atomic E-state index is 16.4. The first-order valence-corrected chi connectivity index (χ1v) is 22.6. The SMILES string of the molecule is CCOP(=O)(OCC)C(NC(=O)COC(=O)c1cn(C2CC2)c2c(OC)c(N3C[C@@H]4CCCN(C(=O)OC(C)(C)C)[C@@H]4C3)c(F)cc2c1=O)P(=O)(OCC)OCC. The van der Waals surface area contributed by atoms with Gasteiger partial charge in [0.15, 0.2) is 18.2 Å². The number of nitrogens with zero attached hydrogens (tertiary/aromatic N) is 3. The first-order valence-electron chi connectivity index (χ1n) is 19.4. The van der Waals surface area contributed by atoms with Crippen molar-refractivity contribution in [1.82, 2.24) is 14.8 Å². The smallest absolute Gasteiger partial charge is 0.410 e. The molecule has 1 aromatic carbocycles. The van der Waals surface area contributed by atoms with Crippen LogP contribution in [0.25, 0.3) is 10.9 Å². The number of likely N-dealkylation sites (tertiary alicyclic amines) is 1. The fourth-order valence-corrected chi connectivity index (χ4v) is 12.4. The minimum Gasteiger partial charge on any atom is -0.492 e. The normalized spacial score (nSPS) is 18.8. The number of carbonyl (C=O) groups excluding carboxylic acids is 3. The summed E-state index contributed by atoms with van der Waals surface area (Å²) >= 11 is 0. The molecule has 3 heterocycles. The summed E-state index contributed by atoms with van der Waals surface area (Å²) in [5.41, 5.74) is -3.46. The third kappa shape index (κ3) is 9.69. The van der Waals surface area contributed by atoms with Crippen molar-refractivity contribution in [3.63, 3.8) is 0 Å². The molecule has 20 heteroatoms. The Balaban J connectivity index is 1.44. The number of benzene rings is 1. The van der Waals surface area contributed by atoms with Gasteiger partial charge in [-0.1, -0.05) is 0 Å². The number of esters is 1. The van der Waals surface area contributed by atoms with E-state index in [1.807, 2.05) is 4.90 Å². The molecule has 2 atom stereocenters. The fraction of sp³-hybridized carbons (Fsp3) is 0.676. The number of fused-ring (bicyclic) bond motifs is 2. The summed E-state index contributed by atoms with van der Waals surface area (Å²) in [5.74, 6) is -2.84. The summed E-state index contributed by atoms with van der Waals surface area (Å²) in [5, 5.41) is 2.17. The first-order chi connectivity index (χ1) is 26.9. The quantitative estimate of drug-likeness (QED) is 0.136. The van der Waals surface area contributed by atoms with Crippen molar-refractivity contribution in [3.05, 3.63) is 33.9 Å². The Morgan fingerprint density at radius 2 is 1.54 bits per heavy atom. The summed E-state index contributed by atoms with van der Waals surface area (Å²) in [6, 6.07) is 0.713. The topological polar surface area (TPSA) is 190 Å². The number of amides is 2. The van der Waals surface area contributed by atoms with E-state index in [4.69, 9.17) is 32.3 Å². The summed E-state index contributed by atoms with van der Waals surface area (Å²) in [7, 11) is -7.37. The van der Waals surface area contributed by atoms with Crippen LogP contribution in [0.15, 0.2) is 17.1 Å². The van der Waals surface area contributed by atoms with E-state index in [0.29, 0.717) is 38.0 Å². The van der Waals surface area contributed by atoms with Crippen LogP contribution in [0.5, 0.6) is 5.75 Å². The van der Waals surface area contributed by atoms with E-state index >= 15 is 4.39 Å². The molecule has 0 bridgehead atoms. The Bertz CT molecular complexity index is 1930. The summed E-state index contributed by atoms with van der Waals surface area (Å²) in [6.07, 6.45) is 3.94. The van der Waals surface area contributed by atoms with Crippen LogP contribution < -0.4 is 20.4 Å². The second kappa shape index (κ2) is 18.2.